The molecule has 31 heavy (non-hydrogen) atoms. The van der Waals surface area contributed by atoms with Crippen LogP contribution in [0.1, 0.15) is 27.0 Å². The molecule has 5 nitrogen and oxygen atoms in total. The van der Waals surface area contributed by atoms with Gasteiger partial charge in [-0.2, -0.15) is 13.2 Å². The standard InChI is InChI=1S/C23H26F3N3O2/c24-23(25,26)20-3-5-21(6-4-20)29-12-10-28(11-13-29)9-8-27-22(30)18-1-2-19-16-31-14-7-17(19)15-18/h1-6,15H,7-14,16H2,(H,27,30). The molecule has 8 heteroatoms. The highest BCUT2D eigenvalue weighted by molar-refractivity contribution is 5.94. The van der Waals surface area contributed by atoms with Gasteiger partial charge in [0, 0.05) is 50.5 Å². The van der Waals surface area contributed by atoms with Gasteiger partial charge in [0.2, 0.25) is 0 Å². The number of halogens is 3. The molecule has 2 aliphatic heterocycles. The number of benzene rings is 2. The summed E-state index contributed by atoms with van der Waals surface area (Å²) in [5.41, 5.74) is 3.18. The highest BCUT2D eigenvalue weighted by atomic mass is 19.4. The summed E-state index contributed by atoms with van der Waals surface area (Å²) in [6.45, 7) is 5.68. The molecule has 4 rings (SSSR count). The maximum Gasteiger partial charge on any atom is 0.416 e. The van der Waals surface area contributed by atoms with Crippen molar-refractivity contribution in [3.8, 4) is 0 Å². The monoisotopic (exact) mass is 433 g/mol. The molecule has 0 saturated carbocycles. The Kier molecular flexibility index (Phi) is 6.48. The first-order valence-electron chi connectivity index (χ1n) is 10.5. The first kappa shape index (κ1) is 21.6. The van der Waals surface area contributed by atoms with Gasteiger partial charge < -0.3 is 15.0 Å². The molecule has 0 unspecified atom stereocenters. The third kappa shape index (κ3) is 5.37. The number of carbonyl (C=O) groups is 1. The van der Waals surface area contributed by atoms with Crippen molar-refractivity contribution >= 4 is 11.6 Å². The Hall–Kier alpha value is -2.58. The SMILES string of the molecule is O=C(NCCN1CCN(c2ccc(C(F)(F)F)cc2)CC1)c1ccc2c(c1)CCOC2. The lowest BCUT2D eigenvalue weighted by Crippen LogP contribution is -2.48. The minimum atomic E-state index is -4.31. The van der Waals surface area contributed by atoms with Crippen LogP contribution in [0.5, 0.6) is 0 Å². The molecule has 2 aromatic carbocycles. The Balaban J connectivity index is 1.21. The molecule has 0 atom stereocenters. The van der Waals surface area contributed by atoms with Gasteiger partial charge in [-0.1, -0.05) is 6.07 Å². The fourth-order valence-corrected chi connectivity index (χ4v) is 4.03. The molecular formula is C23H26F3N3O2. The number of rotatable bonds is 5. The molecule has 0 aromatic heterocycles. The van der Waals surface area contributed by atoms with E-state index in [1.807, 2.05) is 18.2 Å². The average Bonchev–Trinajstić information content (AvgIpc) is 2.78. The molecular weight excluding hydrogens is 407 g/mol. The summed E-state index contributed by atoms with van der Waals surface area (Å²) in [6, 6.07) is 11.1. The summed E-state index contributed by atoms with van der Waals surface area (Å²) in [5, 5.41) is 2.98. The van der Waals surface area contributed by atoms with E-state index in [-0.39, 0.29) is 5.91 Å². The molecule has 0 radical (unpaired) electrons. The van der Waals surface area contributed by atoms with Crippen molar-refractivity contribution < 1.29 is 22.7 Å². The summed E-state index contributed by atoms with van der Waals surface area (Å²) in [4.78, 5) is 16.8. The molecule has 2 aliphatic rings. The van der Waals surface area contributed by atoms with Crippen LogP contribution in [-0.4, -0.2) is 56.7 Å². The minimum absolute atomic E-state index is 0.0716. The number of ether oxygens (including phenoxy) is 1. The third-order valence-corrected chi connectivity index (χ3v) is 5.89. The van der Waals surface area contributed by atoms with E-state index in [9.17, 15) is 18.0 Å². The van der Waals surface area contributed by atoms with Crippen LogP contribution in [0.15, 0.2) is 42.5 Å². The third-order valence-electron chi connectivity index (χ3n) is 5.89. The van der Waals surface area contributed by atoms with Gasteiger partial charge in [0.15, 0.2) is 0 Å². The lowest BCUT2D eigenvalue weighted by Gasteiger charge is -2.36. The average molecular weight is 433 g/mol. The van der Waals surface area contributed by atoms with E-state index in [0.717, 1.165) is 62.5 Å². The zero-order valence-corrected chi connectivity index (χ0v) is 17.3. The van der Waals surface area contributed by atoms with Crippen LogP contribution in [-0.2, 0) is 23.9 Å². The Morgan fingerprint density at radius 1 is 1.00 bits per heavy atom. The smallest absolute Gasteiger partial charge is 0.376 e. The fraction of sp³-hybridized carbons (Fsp3) is 0.435. The van der Waals surface area contributed by atoms with Crippen molar-refractivity contribution in [1.29, 1.82) is 0 Å². The van der Waals surface area contributed by atoms with E-state index in [4.69, 9.17) is 4.74 Å². The molecule has 0 spiro atoms. The van der Waals surface area contributed by atoms with E-state index in [1.165, 1.54) is 17.7 Å². The second-order valence-electron chi connectivity index (χ2n) is 7.92. The molecule has 1 amide bonds. The second-order valence-corrected chi connectivity index (χ2v) is 7.92. The van der Waals surface area contributed by atoms with Gasteiger partial charge >= 0.3 is 6.18 Å². The number of hydrogen-bond donors (Lipinski definition) is 1. The molecule has 1 N–H and O–H groups in total. The first-order valence-corrected chi connectivity index (χ1v) is 10.5. The first-order chi connectivity index (χ1) is 14.9. The normalized spacial score (nSPS) is 17.3. The number of anilines is 1. The van der Waals surface area contributed by atoms with E-state index in [0.29, 0.717) is 25.3 Å². The Bertz CT molecular complexity index is 907. The largest absolute Gasteiger partial charge is 0.416 e. The summed E-state index contributed by atoms with van der Waals surface area (Å²) < 4.78 is 43.6. The van der Waals surface area contributed by atoms with Crippen LogP contribution in [0, 0.1) is 0 Å². The number of fused-ring (bicyclic) bond motifs is 1. The van der Waals surface area contributed by atoms with Crippen LogP contribution < -0.4 is 10.2 Å². The van der Waals surface area contributed by atoms with Gasteiger partial charge in [0.1, 0.15) is 0 Å². The fourth-order valence-electron chi connectivity index (χ4n) is 4.03. The van der Waals surface area contributed by atoms with Gasteiger partial charge in [-0.3, -0.25) is 9.69 Å². The lowest BCUT2D eigenvalue weighted by molar-refractivity contribution is -0.137. The van der Waals surface area contributed by atoms with Gasteiger partial charge in [-0.05, 0) is 53.9 Å². The highest BCUT2D eigenvalue weighted by Crippen LogP contribution is 2.30. The summed E-state index contributed by atoms with van der Waals surface area (Å²) in [7, 11) is 0. The summed E-state index contributed by atoms with van der Waals surface area (Å²) in [6.07, 6.45) is -3.48. The van der Waals surface area contributed by atoms with Crippen LogP contribution in [0.3, 0.4) is 0 Å². The second kappa shape index (κ2) is 9.28. The number of alkyl halides is 3. The van der Waals surface area contributed by atoms with Crippen LogP contribution >= 0.6 is 0 Å². The van der Waals surface area contributed by atoms with Crippen molar-refractivity contribution in [3.05, 3.63) is 64.7 Å². The van der Waals surface area contributed by atoms with Crippen LogP contribution in [0.25, 0.3) is 0 Å². The molecule has 166 valence electrons. The van der Waals surface area contributed by atoms with Crippen molar-refractivity contribution in [3.63, 3.8) is 0 Å². The number of hydrogen-bond acceptors (Lipinski definition) is 4. The van der Waals surface area contributed by atoms with Crippen molar-refractivity contribution in [2.45, 2.75) is 19.2 Å². The molecule has 2 aromatic rings. The van der Waals surface area contributed by atoms with Crippen LogP contribution in [0.4, 0.5) is 18.9 Å². The van der Waals surface area contributed by atoms with E-state index in [2.05, 4.69) is 15.1 Å². The highest BCUT2D eigenvalue weighted by Gasteiger charge is 2.30. The topological polar surface area (TPSA) is 44.8 Å². The van der Waals surface area contributed by atoms with E-state index in [1.54, 1.807) is 0 Å². The number of amides is 1. The van der Waals surface area contributed by atoms with Crippen molar-refractivity contribution in [2.75, 3.05) is 50.8 Å². The quantitative estimate of drug-likeness (QED) is 0.786. The Morgan fingerprint density at radius 2 is 1.74 bits per heavy atom. The van der Waals surface area contributed by atoms with E-state index < -0.39 is 11.7 Å². The van der Waals surface area contributed by atoms with Gasteiger partial charge in [-0.25, -0.2) is 0 Å². The zero-order chi connectivity index (χ0) is 21.8. The molecule has 0 aliphatic carbocycles. The molecule has 2 heterocycles. The minimum Gasteiger partial charge on any atom is -0.376 e. The predicted molar refractivity (Wildman–Crippen MR) is 112 cm³/mol. The number of carbonyl (C=O) groups excluding carboxylic acids is 1. The predicted octanol–water partition coefficient (Wildman–Crippen LogP) is 3.33. The number of nitrogens with one attached hydrogen (secondary N) is 1. The summed E-state index contributed by atoms with van der Waals surface area (Å²) >= 11 is 0. The van der Waals surface area contributed by atoms with Crippen molar-refractivity contribution in [2.24, 2.45) is 0 Å². The Labute approximate surface area is 179 Å². The van der Waals surface area contributed by atoms with Gasteiger partial charge in [0.05, 0.1) is 18.8 Å². The maximum absolute atomic E-state index is 12.7. The van der Waals surface area contributed by atoms with Gasteiger partial charge in [0.25, 0.3) is 5.91 Å². The maximum atomic E-state index is 12.7. The zero-order valence-electron chi connectivity index (χ0n) is 17.3. The number of nitrogens with zero attached hydrogens (tertiary/aromatic N) is 2. The van der Waals surface area contributed by atoms with Crippen LogP contribution in [0.2, 0.25) is 0 Å². The Morgan fingerprint density at radius 3 is 2.45 bits per heavy atom. The van der Waals surface area contributed by atoms with E-state index >= 15 is 0 Å². The van der Waals surface area contributed by atoms with Crippen molar-refractivity contribution in [1.82, 2.24) is 10.2 Å². The molecule has 1 fully saturated rings. The molecule has 1 saturated heterocycles. The lowest BCUT2D eigenvalue weighted by atomic mass is 10.00. The number of piperazine rings is 1. The molecule has 0 bridgehead atoms. The van der Waals surface area contributed by atoms with Gasteiger partial charge in [-0.15, -0.1) is 0 Å². The summed E-state index contributed by atoms with van der Waals surface area (Å²) in [5.74, 6) is -0.0716.